The number of aryl methyl sites for hydroxylation is 2. The molecule has 0 radical (unpaired) electrons. The molecular formula is C13H13N3O2. The summed E-state index contributed by atoms with van der Waals surface area (Å²) in [4.78, 5) is 0. The highest BCUT2D eigenvalue weighted by Gasteiger charge is 2.07. The minimum Gasteiger partial charge on any atom is -0.483 e. The van der Waals surface area contributed by atoms with E-state index in [1.807, 2.05) is 19.9 Å². The van der Waals surface area contributed by atoms with Gasteiger partial charge >= 0.3 is 0 Å². The molecule has 0 fully saturated rings. The van der Waals surface area contributed by atoms with E-state index in [1.165, 1.54) is 0 Å². The largest absolute Gasteiger partial charge is 0.483 e. The third kappa shape index (κ3) is 2.66. The second kappa shape index (κ2) is 5.32. The molecule has 0 amide bonds. The van der Waals surface area contributed by atoms with E-state index in [-0.39, 0.29) is 6.61 Å². The Balaban J connectivity index is 2.08. The Labute approximate surface area is 105 Å². The zero-order valence-electron chi connectivity index (χ0n) is 10.3. The Hall–Kier alpha value is -2.35. The molecule has 0 aliphatic heterocycles. The van der Waals surface area contributed by atoms with Crippen molar-refractivity contribution >= 4 is 0 Å². The van der Waals surface area contributed by atoms with E-state index < -0.39 is 0 Å². The molecule has 1 aromatic heterocycles. The van der Waals surface area contributed by atoms with Gasteiger partial charge in [0.1, 0.15) is 5.75 Å². The highest BCUT2D eigenvalue weighted by atomic mass is 16.5. The number of hydrogen-bond acceptors (Lipinski definition) is 5. The summed E-state index contributed by atoms with van der Waals surface area (Å²) in [5.74, 6) is 1.69. The second-order valence-corrected chi connectivity index (χ2v) is 3.82. The lowest BCUT2D eigenvalue weighted by molar-refractivity contribution is 0.257. The zero-order valence-corrected chi connectivity index (χ0v) is 10.3. The predicted molar refractivity (Wildman–Crippen MR) is 63.9 cm³/mol. The topological polar surface area (TPSA) is 71.9 Å². The SMILES string of the molecule is CCc1nnc(COc2cc(C#N)ccc2C)o1. The molecule has 0 aliphatic carbocycles. The molecule has 0 atom stereocenters. The molecule has 1 heterocycles. The van der Waals surface area contributed by atoms with E-state index in [0.29, 0.717) is 29.5 Å². The first-order valence-corrected chi connectivity index (χ1v) is 5.67. The van der Waals surface area contributed by atoms with Gasteiger partial charge in [0, 0.05) is 6.42 Å². The highest BCUT2D eigenvalue weighted by molar-refractivity contribution is 5.41. The van der Waals surface area contributed by atoms with Crippen LogP contribution in [0.4, 0.5) is 0 Å². The molecule has 2 rings (SSSR count). The number of aromatic nitrogens is 2. The van der Waals surface area contributed by atoms with Crippen LogP contribution in [0.25, 0.3) is 0 Å². The first-order chi connectivity index (χ1) is 8.72. The number of ether oxygens (including phenoxy) is 1. The van der Waals surface area contributed by atoms with Crippen molar-refractivity contribution in [3.8, 4) is 11.8 Å². The first-order valence-electron chi connectivity index (χ1n) is 5.67. The minimum absolute atomic E-state index is 0.211. The fourth-order valence-electron chi connectivity index (χ4n) is 1.45. The van der Waals surface area contributed by atoms with Gasteiger partial charge in [0.15, 0.2) is 6.61 Å². The summed E-state index contributed by atoms with van der Waals surface area (Å²) in [6.45, 7) is 4.07. The van der Waals surface area contributed by atoms with Crippen LogP contribution in [0, 0.1) is 18.3 Å². The first kappa shape index (κ1) is 12.1. The molecule has 0 saturated heterocycles. The lowest BCUT2D eigenvalue weighted by atomic mass is 10.1. The van der Waals surface area contributed by atoms with Crippen LogP contribution in [0.2, 0.25) is 0 Å². The van der Waals surface area contributed by atoms with Crippen LogP contribution in [0.5, 0.6) is 5.75 Å². The van der Waals surface area contributed by atoms with Crippen molar-refractivity contribution in [1.29, 1.82) is 5.26 Å². The summed E-state index contributed by atoms with van der Waals surface area (Å²) in [5.41, 5.74) is 1.53. The van der Waals surface area contributed by atoms with Crippen LogP contribution in [0.1, 0.15) is 29.8 Å². The second-order valence-electron chi connectivity index (χ2n) is 3.82. The summed E-state index contributed by atoms with van der Waals surface area (Å²) in [6, 6.07) is 7.38. The molecule has 5 nitrogen and oxygen atoms in total. The van der Waals surface area contributed by atoms with Crippen molar-refractivity contribution in [2.45, 2.75) is 26.9 Å². The van der Waals surface area contributed by atoms with E-state index in [1.54, 1.807) is 12.1 Å². The number of nitrogens with zero attached hydrogens (tertiary/aromatic N) is 3. The van der Waals surface area contributed by atoms with Crippen LogP contribution in [0.15, 0.2) is 22.6 Å². The number of rotatable bonds is 4. The number of hydrogen-bond donors (Lipinski definition) is 0. The molecule has 0 spiro atoms. The summed E-state index contributed by atoms with van der Waals surface area (Å²) < 4.78 is 10.9. The zero-order chi connectivity index (χ0) is 13.0. The van der Waals surface area contributed by atoms with Gasteiger partial charge in [0.25, 0.3) is 5.89 Å². The van der Waals surface area contributed by atoms with Crippen LogP contribution in [-0.2, 0) is 13.0 Å². The monoisotopic (exact) mass is 243 g/mol. The average molecular weight is 243 g/mol. The van der Waals surface area contributed by atoms with E-state index in [4.69, 9.17) is 14.4 Å². The van der Waals surface area contributed by atoms with Crippen LogP contribution < -0.4 is 4.74 Å². The summed E-state index contributed by atoms with van der Waals surface area (Å²) in [6.07, 6.45) is 0.704. The lowest BCUT2D eigenvalue weighted by Gasteiger charge is -2.06. The Bertz CT molecular complexity index is 584. The lowest BCUT2D eigenvalue weighted by Crippen LogP contribution is -1.97. The van der Waals surface area contributed by atoms with Gasteiger partial charge in [-0.1, -0.05) is 13.0 Å². The van der Waals surface area contributed by atoms with E-state index >= 15 is 0 Å². The Morgan fingerprint density at radius 2 is 2.11 bits per heavy atom. The van der Waals surface area contributed by atoms with Gasteiger partial charge < -0.3 is 9.15 Å². The standard InChI is InChI=1S/C13H13N3O2/c1-3-12-15-16-13(18-12)8-17-11-6-10(7-14)5-4-9(11)2/h4-6H,3,8H2,1-2H3. The molecule has 0 bridgehead atoms. The molecule has 92 valence electrons. The van der Waals surface area contributed by atoms with Crippen molar-refractivity contribution < 1.29 is 9.15 Å². The van der Waals surface area contributed by atoms with E-state index in [0.717, 1.165) is 5.56 Å². The molecule has 0 N–H and O–H groups in total. The minimum atomic E-state index is 0.211. The number of nitriles is 1. The molecule has 1 aromatic carbocycles. The molecular weight excluding hydrogens is 230 g/mol. The number of benzene rings is 1. The molecule has 0 saturated carbocycles. The normalized spacial score (nSPS) is 10.1. The van der Waals surface area contributed by atoms with Gasteiger partial charge in [0.05, 0.1) is 11.6 Å². The molecule has 2 aromatic rings. The van der Waals surface area contributed by atoms with Gasteiger partial charge in [-0.3, -0.25) is 0 Å². The average Bonchev–Trinajstić information content (AvgIpc) is 2.86. The smallest absolute Gasteiger partial charge is 0.253 e. The van der Waals surface area contributed by atoms with Crippen molar-refractivity contribution in [3.63, 3.8) is 0 Å². The van der Waals surface area contributed by atoms with Crippen molar-refractivity contribution in [1.82, 2.24) is 10.2 Å². The molecule has 0 aliphatic rings. The van der Waals surface area contributed by atoms with Crippen LogP contribution in [0.3, 0.4) is 0 Å². The fraction of sp³-hybridized carbons (Fsp3) is 0.308. The van der Waals surface area contributed by atoms with E-state index in [2.05, 4.69) is 16.3 Å². The maximum Gasteiger partial charge on any atom is 0.253 e. The summed E-state index contributed by atoms with van der Waals surface area (Å²) in [7, 11) is 0. The van der Waals surface area contributed by atoms with Crippen LogP contribution in [-0.4, -0.2) is 10.2 Å². The molecule has 0 unspecified atom stereocenters. The molecule has 18 heavy (non-hydrogen) atoms. The molecule has 5 heteroatoms. The van der Waals surface area contributed by atoms with Gasteiger partial charge in [-0.2, -0.15) is 5.26 Å². The summed E-state index contributed by atoms with van der Waals surface area (Å²) in [5, 5.41) is 16.5. The van der Waals surface area contributed by atoms with Gasteiger partial charge in [-0.15, -0.1) is 10.2 Å². The van der Waals surface area contributed by atoms with Crippen molar-refractivity contribution in [2.24, 2.45) is 0 Å². The van der Waals surface area contributed by atoms with Crippen molar-refractivity contribution in [2.75, 3.05) is 0 Å². The van der Waals surface area contributed by atoms with Crippen LogP contribution >= 0.6 is 0 Å². The maximum absolute atomic E-state index is 8.83. The van der Waals surface area contributed by atoms with Gasteiger partial charge in [-0.05, 0) is 24.6 Å². The highest BCUT2D eigenvalue weighted by Crippen LogP contribution is 2.20. The maximum atomic E-state index is 8.83. The summed E-state index contributed by atoms with van der Waals surface area (Å²) >= 11 is 0. The Morgan fingerprint density at radius 3 is 2.78 bits per heavy atom. The predicted octanol–water partition coefficient (Wildman–Crippen LogP) is 2.39. The third-order valence-corrected chi connectivity index (χ3v) is 2.48. The van der Waals surface area contributed by atoms with E-state index in [9.17, 15) is 0 Å². The fourth-order valence-corrected chi connectivity index (χ4v) is 1.45. The van der Waals surface area contributed by atoms with Gasteiger partial charge in [0.2, 0.25) is 5.89 Å². The van der Waals surface area contributed by atoms with Gasteiger partial charge in [-0.25, -0.2) is 0 Å². The quantitative estimate of drug-likeness (QED) is 0.824. The Kier molecular flexibility index (Phi) is 3.58. The third-order valence-electron chi connectivity index (χ3n) is 2.48. The van der Waals surface area contributed by atoms with Crippen molar-refractivity contribution in [3.05, 3.63) is 41.1 Å². The Morgan fingerprint density at radius 1 is 1.33 bits per heavy atom.